The fourth-order valence-corrected chi connectivity index (χ4v) is 2.69. The molecule has 1 aromatic heterocycles. The van der Waals surface area contributed by atoms with E-state index in [-0.39, 0.29) is 16.4 Å². The van der Waals surface area contributed by atoms with Crippen LogP contribution in [0.5, 0.6) is 0 Å². The number of benzene rings is 2. The molecule has 0 aliphatic rings. The molecule has 118 valence electrons. The van der Waals surface area contributed by atoms with Crippen molar-refractivity contribution in [1.29, 1.82) is 0 Å². The maximum Gasteiger partial charge on any atom is 0.335 e. The van der Waals surface area contributed by atoms with Crippen LogP contribution in [0.1, 0.15) is 41.4 Å². The Balaban J connectivity index is 2.47. The fraction of sp³-hybridized carbons (Fsp3) is 0.222. The molecular weight excluding hydrogens is 296 g/mol. The summed E-state index contributed by atoms with van der Waals surface area (Å²) in [6.45, 7) is 3.57. The van der Waals surface area contributed by atoms with Crippen molar-refractivity contribution in [2.75, 3.05) is 0 Å². The maximum atomic E-state index is 12.8. The second kappa shape index (κ2) is 5.52. The molecule has 5 nitrogen and oxygen atoms in total. The van der Waals surface area contributed by atoms with Crippen LogP contribution in [0.25, 0.3) is 21.9 Å². The molecule has 0 radical (unpaired) electrons. The van der Waals surface area contributed by atoms with Gasteiger partial charge in [-0.3, -0.25) is 4.79 Å². The number of aromatic carboxylic acids is 1. The van der Waals surface area contributed by atoms with Crippen LogP contribution in [0, 0.1) is 0 Å². The summed E-state index contributed by atoms with van der Waals surface area (Å²) in [5.74, 6) is -1.10. The standard InChI is InChI=1S/C18H16O5/c1-3-10-6-12(9(2)19)17-14(7-10)16(20)13-8-11(18(21)22)4-5-15(13)23-17/h4-9,19H,3H2,1-2H3,(H,21,22). The van der Waals surface area contributed by atoms with Gasteiger partial charge in [-0.2, -0.15) is 0 Å². The Bertz CT molecular complexity index is 982. The summed E-state index contributed by atoms with van der Waals surface area (Å²) in [6.07, 6.45) is -0.0645. The van der Waals surface area contributed by atoms with E-state index in [2.05, 4.69) is 0 Å². The molecule has 1 heterocycles. The number of hydrogen-bond acceptors (Lipinski definition) is 4. The summed E-state index contributed by atoms with van der Waals surface area (Å²) < 4.78 is 5.80. The van der Waals surface area contributed by atoms with Crippen LogP contribution in [0.15, 0.2) is 39.5 Å². The predicted molar refractivity (Wildman–Crippen MR) is 87.0 cm³/mol. The molecule has 2 N–H and O–H groups in total. The molecule has 1 atom stereocenters. The number of carboxylic acid groups (broad SMARTS) is 1. The fourth-order valence-electron chi connectivity index (χ4n) is 2.69. The molecule has 0 saturated heterocycles. The van der Waals surface area contributed by atoms with E-state index in [1.807, 2.05) is 13.0 Å². The molecule has 3 aromatic rings. The first kappa shape index (κ1) is 15.2. The first-order valence-corrected chi connectivity index (χ1v) is 7.37. The van der Waals surface area contributed by atoms with Gasteiger partial charge in [-0.05, 0) is 49.2 Å². The van der Waals surface area contributed by atoms with E-state index >= 15 is 0 Å². The first-order chi connectivity index (χ1) is 10.9. The number of carbonyl (C=O) groups is 1. The summed E-state index contributed by atoms with van der Waals surface area (Å²) >= 11 is 0. The Hall–Kier alpha value is -2.66. The zero-order valence-corrected chi connectivity index (χ0v) is 12.8. The van der Waals surface area contributed by atoms with Crippen molar-refractivity contribution in [3.05, 3.63) is 57.2 Å². The monoisotopic (exact) mass is 312 g/mol. The molecule has 0 aliphatic carbocycles. The van der Waals surface area contributed by atoms with Crippen LogP contribution in [0.2, 0.25) is 0 Å². The lowest BCUT2D eigenvalue weighted by atomic mass is 9.99. The molecule has 0 fully saturated rings. The number of carboxylic acids is 1. The van der Waals surface area contributed by atoms with Gasteiger partial charge in [0.15, 0.2) is 0 Å². The van der Waals surface area contributed by atoms with Gasteiger partial charge in [0, 0.05) is 5.56 Å². The highest BCUT2D eigenvalue weighted by Gasteiger charge is 2.16. The number of fused-ring (bicyclic) bond motifs is 2. The van der Waals surface area contributed by atoms with Crippen molar-refractivity contribution in [3.63, 3.8) is 0 Å². The van der Waals surface area contributed by atoms with Crippen LogP contribution >= 0.6 is 0 Å². The Morgan fingerprint density at radius 3 is 2.57 bits per heavy atom. The van der Waals surface area contributed by atoms with Gasteiger partial charge in [0.05, 0.1) is 22.4 Å². The Morgan fingerprint density at radius 1 is 1.22 bits per heavy atom. The lowest BCUT2D eigenvalue weighted by Crippen LogP contribution is -2.07. The van der Waals surface area contributed by atoms with Crippen LogP contribution in [0.3, 0.4) is 0 Å². The Kier molecular flexibility index (Phi) is 3.66. The molecular formula is C18H16O5. The lowest BCUT2D eigenvalue weighted by molar-refractivity contribution is 0.0697. The van der Waals surface area contributed by atoms with E-state index < -0.39 is 12.1 Å². The van der Waals surface area contributed by atoms with Crippen molar-refractivity contribution in [2.24, 2.45) is 0 Å². The van der Waals surface area contributed by atoms with Gasteiger partial charge in [0.2, 0.25) is 5.43 Å². The number of aliphatic hydroxyl groups excluding tert-OH is 1. The van der Waals surface area contributed by atoms with Crippen molar-refractivity contribution < 1.29 is 19.4 Å². The molecule has 5 heteroatoms. The third kappa shape index (κ3) is 2.49. The van der Waals surface area contributed by atoms with Gasteiger partial charge >= 0.3 is 5.97 Å². The van der Waals surface area contributed by atoms with Crippen LogP contribution in [-0.2, 0) is 6.42 Å². The largest absolute Gasteiger partial charge is 0.478 e. The van der Waals surface area contributed by atoms with Crippen molar-refractivity contribution in [3.8, 4) is 0 Å². The van der Waals surface area contributed by atoms with Crippen molar-refractivity contribution >= 4 is 27.9 Å². The Labute approximate surface area is 131 Å². The van der Waals surface area contributed by atoms with E-state index in [9.17, 15) is 14.7 Å². The highest BCUT2D eigenvalue weighted by Crippen LogP contribution is 2.28. The summed E-state index contributed by atoms with van der Waals surface area (Å²) in [5.41, 5.74) is 1.86. The van der Waals surface area contributed by atoms with E-state index in [1.54, 1.807) is 13.0 Å². The highest BCUT2D eigenvalue weighted by molar-refractivity contribution is 5.96. The summed E-state index contributed by atoms with van der Waals surface area (Å²) in [6, 6.07) is 7.75. The highest BCUT2D eigenvalue weighted by atomic mass is 16.4. The van der Waals surface area contributed by atoms with Crippen molar-refractivity contribution in [2.45, 2.75) is 26.4 Å². The lowest BCUT2D eigenvalue weighted by Gasteiger charge is -2.11. The molecule has 23 heavy (non-hydrogen) atoms. The second-order valence-electron chi connectivity index (χ2n) is 5.54. The van der Waals surface area contributed by atoms with Gasteiger partial charge in [-0.15, -0.1) is 0 Å². The molecule has 0 amide bonds. The van der Waals surface area contributed by atoms with Gasteiger partial charge in [-0.1, -0.05) is 6.92 Å². The van der Waals surface area contributed by atoms with Crippen LogP contribution in [-0.4, -0.2) is 16.2 Å². The number of hydrogen-bond donors (Lipinski definition) is 2. The minimum absolute atomic E-state index is 0.0338. The Morgan fingerprint density at radius 2 is 1.96 bits per heavy atom. The minimum Gasteiger partial charge on any atom is -0.478 e. The topological polar surface area (TPSA) is 87.7 Å². The van der Waals surface area contributed by atoms with Crippen LogP contribution < -0.4 is 5.43 Å². The molecule has 0 bridgehead atoms. The van der Waals surface area contributed by atoms with Crippen LogP contribution in [0.4, 0.5) is 0 Å². The van der Waals surface area contributed by atoms with E-state index in [0.717, 1.165) is 5.56 Å². The SMILES string of the molecule is CCc1cc(C(C)O)c2oc3ccc(C(=O)O)cc3c(=O)c2c1. The molecule has 0 aliphatic heterocycles. The third-order valence-corrected chi connectivity index (χ3v) is 3.96. The van der Waals surface area contributed by atoms with E-state index in [0.29, 0.717) is 28.5 Å². The zero-order valence-electron chi connectivity index (χ0n) is 12.8. The van der Waals surface area contributed by atoms with Crippen molar-refractivity contribution in [1.82, 2.24) is 0 Å². The first-order valence-electron chi connectivity index (χ1n) is 7.37. The average Bonchev–Trinajstić information content (AvgIpc) is 2.53. The van der Waals surface area contributed by atoms with Gasteiger partial charge in [0.25, 0.3) is 0 Å². The third-order valence-electron chi connectivity index (χ3n) is 3.96. The predicted octanol–water partition coefficient (Wildman–Crippen LogP) is 3.26. The molecule has 0 saturated carbocycles. The average molecular weight is 312 g/mol. The molecule has 0 spiro atoms. The van der Waals surface area contributed by atoms with E-state index in [4.69, 9.17) is 9.52 Å². The quantitative estimate of drug-likeness (QED) is 0.725. The van der Waals surface area contributed by atoms with Gasteiger partial charge < -0.3 is 14.6 Å². The number of aryl methyl sites for hydroxylation is 1. The van der Waals surface area contributed by atoms with Gasteiger partial charge in [0.1, 0.15) is 11.2 Å². The summed E-state index contributed by atoms with van der Waals surface area (Å²) in [4.78, 5) is 23.9. The molecule has 1 unspecified atom stereocenters. The molecule has 3 rings (SSSR count). The summed E-state index contributed by atoms with van der Waals surface area (Å²) in [5, 5.41) is 19.6. The number of rotatable bonds is 3. The normalized spacial score (nSPS) is 12.7. The second-order valence-corrected chi connectivity index (χ2v) is 5.54. The van der Waals surface area contributed by atoms with E-state index in [1.165, 1.54) is 18.2 Å². The summed E-state index contributed by atoms with van der Waals surface area (Å²) in [7, 11) is 0. The smallest absolute Gasteiger partial charge is 0.335 e. The zero-order chi connectivity index (χ0) is 16.7. The number of aliphatic hydroxyl groups is 1. The molecule has 2 aromatic carbocycles. The van der Waals surface area contributed by atoms with Gasteiger partial charge in [-0.25, -0.2) is 4.79 Å². The maximum absolute atomic E-state index is 12.8. The minimum atomic E-state index is -1.10.